The zero-order valence-corrected chi connectivity index (χ0v) is 10.1. The molecule has 0 fully saturated rings. The van der Waals surface area contributed by atoms with Crippen molar-refractivity contribution in [1.82, 2.24) is 19.7 Å². The van der Waals surface area contributed by atoms with Crippen molar-refractivity contribution in [3.05, 3.63) is 60.1 Å². The van der Waals surface area contributed by atoms with Crippen LogP contribution >= 0.6 is 11.6 Å². The summed E-state index contributed by atoms with van der Waals surface area (Å²) in [6.07, 6.45) is 3.45. The molecule has 0 unspecified atom stereocenters. The lowest BCUT2D eigenvalue weighted by molar-refractivity contribution is 0.843. The minimum absolute atomic E-state index is 0.212. The van der Waals surface area contributed by atoms with Crippen molar-refractivity contribution in [2.75, 3.05) is 0 Å². The lowest BCUT2D eigenvalue weighted by Crippen LogP contribution is -1.99. The van der Waals surface area contributed by atoms with Gasteiger partial charge in [-0.15, -0.1) is 0 Å². The molecule has 0 aliphatic carbocycles. The van der Waals surface area contributed by atoms with E-state index < -0.39 is 0 Å². The summed E-state index contributed by atoms with van der Waals surface area (Å²) in [4.78, 5) is 7.95. The summed E-state index contributed by atoms with van der Waals surface area (Å²) in [5.74, 6) is 0.650. The van der Waals surface area contributed by atoms with E-state index in [2.05, 4.69) is 15.1 Å². The Hall–Kier alpha value is -2.20. The van der Waals surface area contributed by atoms with E-state index in [0.717, 1.165) is 11.3 Å². The maximum Gasteiger partial charge on any atom is 0.224 e. The van der Waals surface area contributed by atoms with E-state index in [0.29, 0.717) is 5.82 Å². The van der Waals surface area contributed by atoms with Gasteiger partial charge in [-0.25, -0.2) is 9.67 Å². The SMILES string of the molecule is Clc1nccc(-n2ccc(-c3ccccc3)n2)n1. The summed E-state index contributed by atoms with van der Waals surface area (Å²) in [5, 5.41) is 4.67. The van der Waals surface area contributed by atoms with Gasteiger partial charge in [0.2, 0.25) is 5.28 Å². The summed E-state index contributed by atoms with van der Waals surface area (Å²) in [6.45, 7) is 0. The van der Waals surface area contributed by atoms with Gasteiger partial charge in [0.05, 0.1) is 5.69 Å². The van der Waals surface area contributed by atoms with E-state index in [4.69, 9.17) is 11.6 Å². The Morgan fingerprint density at radius 2 is 1.83 bits per heavy atom. The molecule has 0 spiro atoms. The number of rotatable bonds is 2. The third-order valence-corrected chi connectivity index (χ3v) is 2.69. The summed E-state index contributed by atoms with van der Waals surface area (Å²) < 4.78 is 1.68. The lowest BCUT2D eigenvalue weighted by atomic mass is 10.2. The molecule has 0 amide bonds. The number of benzene rings is 1. The Labute approximate surface area is 109 Å². The minimum Gasteiger partial charge on any atom is -0.226 e. The molecule has 88 valence electrons. The molecule has 0 aliphatic heterocycles. The van der Waals surface area contributed by atoms with Gasteiger partial charge in [0.1, 0.15) is 0 Å². The Balaban J connectivity index is 2.00. The third-order valence-electron chi connectivity index (χ3n) is 2.50. The highest BCUT2D eigenvalue weighted by Gasteiger charge is 2.04. The van der Waals surface area contributed by atoms with Crippen molar-refractivity contribution in [2.24, 2.45) is 0 Å². The maximum atomic E-state index is 5.76. The second kappa shape index (κ2) is 4.58. The van der Waals surface area contributed by atoms with E-state index in [9.17, 15) is 0 Å². The molecule has 2 heterocycles. The van der Waals surface area contributed by atoms with E-state index in [1.165, 1.54) is 0 Å². The Bertz CT molecular complexity index is 664. The molecule has 2 aromatic heterocycles. The first-order chi connectivity index (χ1) is 8.83. The van der Waals surface area contributed by atoms with Gasteiger partial charge in [-0.3, -0.25) is 0 Å². The predicted octanol–water partition coefficient (Wildman–Crippen LogP) is 2.98. The van der Waals surface area contributed by atoms with Crippen LogP contribution in [-0.2, 0) is 0 Å². The van der Waals surface area contributed by atoms with Crippen molar-refractivity contribution >= 4 is 11.6 Å². The second-order valence-corrected chi connectivity index (χ2v) is 4.03. The van der Waals surface area contributed by atoms with E-state index in [1.54, 1.807) is 16.9 Å². The van der Waals surface area contributed by atoms with Crippen molar-refractivity contribution in [1.29, 1.82) is 0 Å². The third kappa shape index (κ3) is 2.10. The fourth-order valence-electron chi connectivity index (χ4n) is 1.67. The molecule has 1 aromatic carbocycles. The predicted molar refractivity (Wildman–Crippen MR) is 69.6 cm³/mol. The largest absolute Gasteiger partial charge is 0.226 e. The molecule has 0 saturated heterocycles. The second-order valence-electron chi connectivity index (χ2n) is 3.70. The highest BCUT2D eigenvalue weighted by molar-refractivity contribution is 6.28. The number of aromatic nitrogens is 4. The van der Waals surface area contributed by atoms with Crippen LogP contribution in [0.1, 0.15) is 0 Å². The Kier molecular flexibility index (Phi) is 2.78. The average Bonchev–Trinajstić information content (AvgIpc) is 2.89. The van der Waals surface area contributed by atoms with Gasteiger partial charge in [0, 0.05) is 24.0 Å². The van der Waals surface area contributed by atoms with Crippen molar-refractivity contribution in [3.8, 4) is 17.1 Å². The molecule has 4 nitrogen and oxygen atoms in total. The summed E-state index contributed by atoms with van der Waals surface area (Å²) in [5.41, 5.74) is 1.96. The first-order valence-corrected chi connectivity index (χ1v) is 5.81. The molecule has 0 bridgehead atoms. The summed E-state index contributed by atoms with van der Waals surface area (Å²) in [6, 6.07) is 13.7. The normalized spacial score (nSPS) is 10.5. The van der Waals surface area contributed by atoms with Gasteiger partial charge >= 0.3 is 0 Å². The van der Waals surface area contributed by atoms with E-state index in [-0.39, 0.29) is 5.28 Å². The monoisotopic (exact) mass is 256 g/mol. The van der Waals surface area contributed by atoms with E-state index in [1.807, 2.05) is 42.6 Å². The number of hydrogen-bond acceptors (Lipinski definition) is 3. The number of nitrogens with zero attached hydrogens (tertiary/aromatic N) is 4. The molecule has 5 heteroatoms. The van der Waals surface area contributed by atoms with Crippen molar-refractivity contribution in [3.63, 3.8) is 0 Å². The molecule has 18 heavy (non-hydrogen) atoms. The zero-order chi connectivity index (χ0) is 12.4. The fraction of sp³-hybridized carbons (Fsp3) is 0. The van der Waals surface area contributed by atoms with Crippen LogP contribution in [0, 0.1) is 0 Å². The van der Waals surface area contributed by atoms with Gasteiger partial charge in [0.15, 0.2) is 5.82 Å². The topological polar surface area (TPSA) is 43.6 Å². The summed E-state index contributed by atoms with van der Waals surface area (Å²) >= 11 is 5.76. The van der Waals surface area contributed by atoms with Crippen LogP contribution in [-0.4, -0.2) is 19.7 Å². The van der Waals surface area contributed by atoms with Gasteiger partial charge < -0.3 is 0 Å². The van der Waals surface area contributed by atoms with Gasteiger partial charge in [-0.2, -0.15) is 10.1 Å². The molecule has 0 aliphatic rings. The van der Waals surface area contributed by atoms with Crippen LogP contribution in [0.15, 0.2) is 54.9 Å². The summed E-state index contributed by atoms with van der Waals surface area (Å²) in [7, 11) is 0. The average molecular weight is 257 g/mol. The van der Waals surface area contributed by atoms with Crippen LogP contribution in [0.5, 0.6) is 0 Å². The number of halogens is 1. The fourth-order valence-corrected chi connectivity index (χ4v) is 1.81. The molecule has 3 rings (SSSR count). The molecule has 0 N–H and O–H groups in total. The first-order valence-electron chi connectivity index (χ1n) is 5.43. The first kappa shape index (κ1) is 10.9. The lowest BCUT2D eigenvalue weighted by Gasteiger charge is -1.99. The Morgan fingerprint density at radius 3 is 2.61 bits per heavy atom. The number of hydrogen-bond donors (Lipinski definition) is 0. The van der Waals surface area contributed by atoms with Crippen LogP contribution in [0.4, 0.5) is 0 Å². The van der Waals surface area contributed by atoms with Gasteiger partial charge in [-0.1, -0.05) is 30.3 Å². The minimum atomic E-state index is 0.212. The Morgan fingerprint density at radius 1 is 1.00 bits per heavy atom. The van der Waals surface area contributed by atoms with Gasteiger partial charge in [-0.05, 0) is 17.7 Å². The van der Waals surface area contributed by atoms with Crippen LogP contribution in [0.3, 0.4) is 0 Å². The van der Waals surface area contributed by atoms with Crippen LogP contribution in [0.25, 0.3) is 17.1 Å². The quantitative estimate of drug-likeness (QED) is 0.662. The van der Waals surface area contributed by atoms with Crippen molar-refractivity contribution < 1.29 is 0 Å². The molecular weight excluding hydrogens is 248 g/mol. The molecular formula is C13H9ClN4. The smallest absolute Gasteiger partial charge is 0.224 e. The highest BCUT2D eigenvalue weighted by atomic mass is 35.5. The van der Waals surface area contributed by atoms with Gasteiger partial charge in [0.25, 0.3) is 0 Å². The molecule has 0 saturated carbocycles. The van der Waals surface area contributed by atoms with Crippen LogP contribution in [0.2, 0.25) is 5.28 Å². The zero-order valence-electron chi connectivity index (χ0n) is 9.36. The maximum absolute atomic E-state index is 5.76. The molecule has 0 atom stereocenters. The van der Waals surface area contributed by atoms with E-state index >= 15 is 0 Å². The van der Waals surface area contributed by atoms with Crippen LogP contribution < -0.4 is 0 Å². The standard InChI is InChI=1S/C13H9ClN4/c14-13-15-8-6-12(16-13)18-9-7-11(17-18)10-4-2-1-3-5-10/h1-9H. The highest BCUT2D eigenvalue weighted by Crippen LogP contribution is 2.17. The molecule has 3 aromatic rings. The van der Waals surface area contributed by atoms with Crippen molar-refractivity contribution in [2.45, 2.75) is 0 Å². The molecule has 0 radical (unpaired) electrons.